The van der Waals surface area contributed by atoms with Crippen molar-refractivity contribution in [2.24, 2.45) is 5.92 Å². The van der Waals surface area contributed by atoms with Crippen molar-refractivity contribution in [3.8, 4) is 0 Å². The molecule has 1 heterocycles. The van der Waals surface area contributed by atoms with Crippen LogP contribution >= 0.6 is 11.6 Å². The van der Waals surface area contributed by atoms with E-state index in [1.165, 1.54) is 28.3 Å². The zero-order valence-corrected chi connectivity index (χ0v) is 18.4. The number of hydrogen-bond donors (Lipinski definition) is 1. The normalized spacial score (nSPS) is 16.6. The van der Waals surface area contributed by atoms with Gasteiger partial charge in [0.2, 0.25) is 5.91 Å². The van der Waals surface area contributed by atoms with Gasteiger partial charge in [0.1, 0.15) is 5.82 Å². The Labute approximate surface area is 178 Å². The Hall–Kier alpha value is -1.91. The summed E-state index contributed by atoms with van der Waals surface area (Å²) in [5.74, 6) is -0.141. The van der Waals surface area contributed by atoms with Gasteiger partial charge in [0.25, 0.3) is 0 Å². The van der Waals surface area contributed by atoms with Gasteiger partial charge in [-0.25, -0.2) is 4.39 Å². The van der Waals surface area contributed by atoms with Crippen molar-refractivity contribution in [3.05, 3.63) is 69.0 Å². The average Bonchev–Trinajstić information content (AvgIpc) is 2.67. The number of nitrogens with one attached hydrogen (secondary N) is 1. The molecule has 29 heavy (non-hydrogen) atoms. The average molecular weight is 417 g/mol. The van der Waals surface area contributed by atoms with Gasteiger partial charge >= 0.3 is 0 Å². The number of aryl methyl sites for hydroxylation is 3. The van der Waals surface area contributed by atoms with Crippen LogP contribution in [0.2, 0.25) is 5.02 Å². The number of halogens is 2. The maximum atomic E-state index is 14.0. The Balaban J connectivity index is 1.54. The molecule has 1 saturated heterocycles. The molecule has 1 aliphatic rings. The highest BCUT2D eigenvalue weighted by molar-refractivity contribution is 6.30. The number of likely N-dealkylation sites (tertiary alicyclic amines) is 1. The zero-order valence-electron chi connectivity index (χ0n) is 17.7. The molecule has 1 fully saturated rings. The second-order valence-corrected chi connectivity index (χ2v) is 8.75. The molecule has 0 bridgehead atoms. The number of rotatable bonds is 5. The van der Waals surface area contributed by atoms with Gasteiger partial charge in [0, 0.05) is 23.0 Å². The van der Waals surface area contributed by atoms with E-state index in [1.807, 2.05) is 6.92 Å². The molecular weight excluding hydrogens is 387 g/mol. The first-order valence-corrected chi connectivity index (χ1v) is 10.7. The van der Waals surface area contributed by atoms with Gasteiger partial charge in [0.05, 0.1) is 6.04 Å². The van der Waals surface area contributed by atoms with Gasteiger partial charge in [-0.2, -0.15) is 0 Å². The summed E-state index contributed by atoms with van der Waals surface area (Å²) in [6, 6.07) is 9.16. The van der Waals surface area contributed by atoms with E-state index in [0.29, 0.717) is 17.1 Å². The minimum Gasteiger partial charge on any atom is -0.349 e. The number of piperidine rings is 1. The minimum absolute atomic E-state index is 0.00983. The predicted molar refractivity (Wildman–Crippen MR) is 117 cm³/mol. The third-order valence-corrected chi connectivity index (χ3v) is 6.31. The summed E-state index contributed by atoms with van der Waals surface area (Å²) in [6.45, 7) is 10.5. The molecule has 5 heteroatoms. The first-order chi connectivity index (χ1) is 13.7. The Morgan fingerprint density at radius 3 is 2.45 bits per heavy atom. The minimum atomic E-state index is -0.269. The van der Waals surface area contributed by atoms with E-state index in [-0.39, 0.29) is 23.7 Å². The molecule has 1 N–H and O–H groups in total. The van der Waals surface area contributed by atoms with Crippen LogP contribution in [0.15, 0.2) is 30.3 Å². The Morgan fingerprint density at radius 2 is 1.79 bits per heavy atom. The molecule has 156 valence electrons. The zero-order chi connectivity index (χ0) is 21.1. The fourth-order valence-electron chi connectivity index (χ4n) is 4.10. The number of nitrogens with zero attached hydrogens (tertiary/aromatic N) is 1. The largest absolute Gasteiger partial charge is 0.349 e. The van der Waals surface area contributed by atoms with Crippen LogP contribution in [-0.2, 0) is 11.3 Å². The second-order valence-electron chi connectivity index (χ2n) is 8.31. The van der Waals surface area contributed by atoms with Crippen LogP contribution in [0.3, 0.4) is 0 Å². The van der Waals surface area contributed by atoms with Crippen molar-refractivity contribution in [3.63, 3.8) is 0 Å². The summed E-state index contributed by atoms with van der Waals surface area (Å²) >= 11 is 5.83. The summed E-state index contributed by atoms with van der Waals surface area (Å²) < 4.78 is 14.0. The van der Waals surface area contributed by atoms with Crippen molar-refractivity contribution in [2.75, 3.05) is 13.1 Å². The molecule has 1 amide bonds. The van der Waals surface area contributed by atoms with Crippen molar-refractivity contribution in [2.45, 2.75) is 53.1 Å². The number of amides is 1. The first kappa shape index (κ1) is 21.8. The van der Waals surface area contributed by atoms with Gasteiger partial charge in [-0.1, -0.05) is 29.8 Å². The lowest BCUT2D eigenvalue weighted by Gasteiger charge is -2.32. The summed E-state index contributed by atoms with van der Waals surface area (Å²) in [7, 11) is 0. The Morgan fingerprint density at radius 1 is 1.14 bits per heavy atom. The Bertz CT molecular complexity index is 891. The lowest BCUT2D eigenvalue weighted by molar-refractivity contribution is -0.127. The van der Waals surface area contributed by atoms with Gasteiger partial charge in [-0.15, -0.1) is 0 Å². The van der Waals surface area contributed by atoms with Crippen LogP contribution in [0.5, 0.6) is 0 Å². The summed E-state index contributed by atoms with van der Waals surface area (Å²) in [6.07, 6.45) is 1.58. The van der Waals surface area contributed by atoms with Crippen molar-refractivity contribution in [1.82, 2.24) is 10.2 Å². The van der Waals surface area contributed by atoms with Crippen LogP contribution in [-0.4, -0.2) is 23.9 Å². The monoisotopic (exact) mass is 416 g/mol. The molecule has 0 radical (unpaired) electrons. The molecule has 1 aliphatic heterocycles. The summed E-state index contributed by atoms with van der Waals surface area (Å²) in [4.78, 5) is 15.0. The molecule has 2 aromatic carbocycles. The van der Waals surface area contributed by atoms with Crippen molar-refractivity contribution < 1.29 is 9.18 Å². The van der Waals surface area contributed by atoms with Gasteiger partial charge < -0.3 is 5.32 Å². The number of benzene rings is 2. The van der Waals surface area contributed by atoms with E-state index in [2.05, 4.69) is 43.1 Å². The summed E-state index contributed by atoms with van der Waals surface area (Å²) in [5.41, 5.74) is 5.55. The Kier molecular flexibility index (Phi) is 6.97. The van der Waals surface area contributed by atoms with E-state index in [9.17, 15) is 9.18 Å². The molecular formula is C24H30ClFN2O. The molecule has 0 unspecified atom stereocenters. The molecule has 0 spiro atoms. The van der Waals surface area contributed by atoms with E-state index < -0.39 is 0 Å². The predicted octanol–water partition coefficient (Wildman–Crippen LogP) is 5.49. The number of carbonyl (C=O) groups is 1. The smallest absolute Gasteiger partial charge is 0.223 e. The number of hydrogen-bond acceptors (Lipinski definition) is 2. The second kappa shape index (κ2) is 9.27. The third-order valence-electron chi connectivity index (χ3n) is 6.08. The first-order valence-electron chi connectivity index (χ1n) is 10.3. The molecule has 0 aromatic heterocycles. The molecule has 0 saturated carbocycles. The van der Waals surface area contributed by atoms with Crippen molar-refractivity contribution >= 4 is 17.5 Å². The summed E-state index contributed by atoms with van der Waals surface area (Å²) in [5, 5.41) is 3.61. The molecule has 1 atom stereocenters. The maximum absolute atomic E-state index is 14.0. The van der Waals surface area contributed by atoms with Crippen LogP contribution in [0, 0.1) is 32.5 Å². The van der Waals surface area contributed by atoms with Crippen LogP contribution in [0.4, 0.5) is 4.39 Å². The fraction of sp³-hybridized carbons (Fsp3) is 0.458. The van der Waals surface area contributed by atoms with Crippen LogP contribution in [0.1, 0.15) is 53.6 Å². The highest BCUT2D eigenvalue weighted by Gasteiger charge is 2.26. The maximum Gasteiger partial charge on any atom is 0.223 e. The molecule has 0 aliphatic carbocycles. The third kappa shape index (κ3) is 5.37. The highest BCUT2D eigenvalue weighted by atomic mass is 35.5. The van der Waals surface area contributed by atoms with E-state index in [0.717, 1.165) is 25.9 Å². The van der Waals surface area contributed by atoms with E-state index >= 15 is 0 Å². The molecule has 2 aromatic rings. The van der Waals surface area contributed by atoms with Gasteiger partial charge in [-0.05, 0) is 88.0 Å². The topological polar surface area (TPSA) is 32.3 Å². The van der Waals surface area contributed by atoms with Crippen LogP contribution in [0.25, 0.3) is 0 Å². The molecule has 3 rings (SSSR count). The van der Waals surface area contributed by atoms with E-state index in [1.54, 1.807) is 12.1 Å². The van der Waals surface area contributed by atoms with Gasteiger partial charge in [0.15, 0.2) is 0 Å². The lowest BCUT2D eigenvalue weighted by Crippen LogP contribution is -2.41. The standard InChI is InChI=1S/C24H30ClFN2O/c1-15-11-17(3)22(12-16(15)2)18(4)27-24(29)19-7-9-28(10-8-19)14-20-5-6-21(25)13-23(20)26/h5-6,11-13,18-19H,7-10,14H2,1-4H3,(H,27,29)/t18-/m0/s1. The van der Waals surface area contributed by atoms with Crippen molar-refractivity contribution in [1.29, 1.82) is 0 Å². The van der Waals surface area contributed by atoms with Gasteiger partial charge in [-0.3, -0.25) is 9.69 Å². The fourth-order valence-corrected chi connectivity index (χ4v) is 4.26. The number of carbonyl (C=O) groups excluding carboxylic acids is 1. The highest BCUT2D eigenvalue weighted by Crippen LogP contribution is 2.25. The SMILES string of the molecule is Cc1cc(C)c([C@H](C)NC(=O)C2CCN(Cc3ccc(Cl)cc3F)CC2)cc1C. The van der Waals surface area contributed by atoms with Crippen LogP contribution < -0.4 is 5.32 Å². The quantitative estimate of drug-likeness (QED) is 0.698. The molecule has 3 nitrogen and oxygen atoms in total. The lowest BCUT2D eigenvalue weighted by atomic mass is 9.93. The van der Waals surface area contributed by atoms with E-state index in [4.69, 9.17) is 11.6 Å².